The Hall–Kier alpha value is -0.550. The number of rotatable bonds is 2. The lowest BCUT2D eigenvalue weighted by Gasteiger charge is -2.08. The highest BCUT2D eigenvalue weighted by molar-refractivity contribution is 4.78. The molecule has 0 aliphatic rings. The summed E-state index contributed by atoms with van der Waals surface area (Å²) in [5.41, 5.74) is -0.616. The summed E-state index contributed by atoms with van der Waals surface area (Å²) in [4.78, 5) is 3.24. The highest BCUT2D eigenvalue weighted by Gasteiger charge is 2.21. The molecule has 0 saturated heterocycles. The van der Waals surface area contributed by atoms with Crippen molar-refractivity contribution in [3.63, 3.8) is 0 Å². The van der Waals surface area contributed by atoms with Crippen molar-refractivity contribution in [3.05, 3.63) is 11.4 Å². The van der Waals surface area contributed by atoms with Crippen molar-refractivity contribution in [2.24, 2.45) is 0 Å². The van der Waals surface area contributed by atoms with Gasteiger partial charge in [0.05, 0.1) is 6.61 Å². The fraction of sp³-hybridized carbons (Fsp3) is 0.833. The van der Waals surface area contributed by atoms with Crippen LogP contribution >= 0.6 is 0 Å². The Morgan fingerprint density at radius 3 is 2.25 bits per heavy atom. The van der Waals surface area contributed by atoms with Crippen LogP contribution in [0.25, 0.3) is 4.85 Å². The molecule has 0 aliphatic carbocycles. The zero-order valence-corrected chi connectivity index (χ0v) is 5.56. The van der Waals surface area contributed by atoms with Gasteiger partial charge < -0.3 is 4.74 Å². The smallest absolute Gasteiger partial charge is 0.309 e. The van der Waals surface area contributed by atoms with Crippen LogP contribution in [0.4, 0.5) is 0 Å². The molecular formula is C6H11NO. The van der Waals surface area contributed by atoms with Gasteiger partial charge in [0.25, 0.3) is 0 Å². The summed E-state index contributed by atoms with van der Waals surface area (Å²) in [5, 5.41) is 0. The molecule has 0 amide bonds. The van der Waals surface area contributed by atoms with E-state index in [2.05, 4.69) is 4.85 Å². The minimum atomic E-state index is -0.616. The summed E-state index contributed by atoms with van der Waals surface area (Å²) < 4.78 is 5.02. The van der Waals surface area contributed by atoms with E-state index in [9.17, 15) is 0 Å². The monoisotopic (exact) mass is 113 g/mol. The van der Waals surface area contributed by atoms with E-state index in [4.69, 9.17) is 11.3 Å². The maximum atomic E-state index is 6.61. The van der Waals surface area contributed by atoms with E-state index in [0.717, 1.165) is 0 Å². The van der Waals surface area contributed by atoms with Crippen LogP contribution < -0.4 is 0 Å². The minimum Gasteiger partial charge on any atom is -0.309 e. The van der Waals surface area contributed by atoms with Crippen LogP contribution in [0.3, 0.4) is 0 Å². The van der Waals surface area contributed by atoms with Crippen molar-refractivity contribution < 1.29 is 4.74 Å². The van der Waals surface area contributed by atoms with Gasteiger partial charge in [-0.2, -0.15) is 0 Å². The number of nitrogens with zero attached hydrogens (tertiary/aromatic N) is 1. The van der Waals surface area contributed by atoms with E-state index in [1.807, 2.05) is 6.92 Å². The molecule has 0 spiro atoms. The van der Waals surface area contributed by atoms with Crippen LogP contribution in [-0.2, 0) is 4.74 Å². The molecule has 2 heteroatoms. The van der Waals surface area contributed by atoms with Crippen molar-refractivity contribution >= 4 is 0 Å². The first kappa shape index (κ1) is 7.45. The second-order valence-electron chi connectivity index (χ2n) is 1.99. The molecule has 0 unspecified atom stereocenters. The van der Waals surface area contributed by atoms with E-state index in [0.29, 0.717) is 6.61 Å². The Labute approximate surface area is 50.3 Å². The van der Waals surface area contributed by atoms with Gasteiger partial charge in [0.2, 0.25) is 0 Å². The van der Waals surface area contributed by atoms with Crippen molar-refractivity contribution in [1.29, 1.82) is 0 Å². The first-order chi connectivity index (χ1) is 3.62. The summed E-state index contributed by atoms with van der Waals surface area (Å²) in [6, 6.07) is 0. The van der Waals surface area contributed by atoms with Gasteiger partial charge in [-0.3, -0.25) is 4.85 Å². The third-order valence-electron chi connectivity index (χ3n) is 0.767. The number of hydrogen-bond donors (Lipinski definition) is 0. The fourth-order valence-corrected chi connectivity index (χ4v) is 0.385. The van der Waals surface area contributed by atoms with Gasteiger partial charge in [0.15, 0.2) is 0 Å². The third-order valence-corrected chi connectivity index (χ3v) is 0.767. The maximum absolute atomic E-state index is 6.61. The van der Waals surface area contributed by atoms with E-state index in [1.54, 1.807) is 13.8 Å². The molecule has 0 bridgehead atoms. The van der Waals surface area contributed by atoms with Crippen LogP contribution in [0.1, 0.15) is 20.8 Å². The summed E-state index contributed by atoms with van der Waals surface area (Å²) in [5.74, 6) is 0. The molecule has 0 aromatic heterocycles. The first-order valence-corrected chi connectivity index (χ1v) is 2.65. The van der Waals surface area contributed by atoms with Crippen LogP contribution in [0.2, 0.25) is 0 Å². The SMILES string of the molecule is [C-]#[N+]C(C)(C)OCC. The first-order valence-electron chi connectivity index (χ1n) is 2.65. The molecule has 0 saturated carbocycles. The van der Waals surface area contributed by atoms with Gasteiger partial charge in [0.1, 0.15) is 0 Å². The van der Waals surface area contributed by atoms with E-state index in [-0.39, 0.29) is 0 Å². The normalized spacial score (nSPS) is 10.8. The van der Waals surface area contributed by atoms with Crippen molar-refractivity contribution in [1.82, 2.24) is 0 Å². The molecule has 0 fully saturated rings. The molecule has 46 valence electrons. The topological polar surface area (TPSA) is 13.6 Å². The van der Waals surface area contributed by atoms with Crippen LogP contribution in [0, 0.1) is 6.57 Å². The highest BCUT2D eigenvalue weighted by Crippen LogP contribution is 2.08. The fourth-order valence-electron chi connectivity index (χ4n) is 0.385. The molecule has 2 nitrogen and oxygen atoms in total. The summed E-state index contributed by atoms with van der Waals surface area (Å²) in [6.07, 6.45) is 0. The second kappa shape index (κ2) is 2.68. The average Bonchev–Trinajstić information content (AvgIpc) is 1.67. The zero-order valence-electron chi connectivity index (χ0n) is 5.56. The van der Waals surface area contributed by atoms with Gasteiger partial charge >= 0.3 is 5.72 Å². The highest BCUT2D eigenvalue weighted by atomic mass is 16.5. The molecule has 0 radical (unpaired) electrons. The van der Waals surface area contributed by atoms with Crippen molar-refractivity contribution in [2.45, 2.75) is 26.5 Å². The molecule has 0 N–H and O–H groups in total. The Bertz CT molecular complexity index is 102. The van der Waals surface area contributed by atoms with E-state index >= 15 is 0 Å². The van der Waals surface area contributed by atoms with Crippen molar-refractivity contribution in [2.75, 3.05) is 6.61 Å². The van der Waals surface area contributed by atoms with Gasteiger partial charge in [-0.1, -0.05) is 0 Å². The second-order valence-corrected chi connectivity index (χ2v) is 1.99. The molecule has 0 aliphatic heterocycles. The standard InChI is InChI=1S/C6H11NO/c1-5-8-6(2,3)7-4/h5H2,1-3H3. The lowest BCUT2D eigenvalue weighted by Crippen LogP contribution is -2.18. The lowest BCUT2D eigenvalue weighted by atomic mass is 10.3. The average molecular weight is 113 g/mol. The maximum Gasteiger partial charge on any atom is 0.331 e. The third kappa shape index (κ3) is 2.59. The van der Waals surface area contributed by atoms with Gasteiger partial charge in [-0.05, 0) is 6.92 Å². The van der Waals surface area contributed by atoms with Gasteiger partial charge in [-0.15, -0.1) is 0 Å². The van der Waals surface area contributed by atoms with Crippen LogP contribution in [-0.4, -0.2) is 12.3 Å². The zero-order chi connectivity index (χ0) is 6.62. The Kier molecular flexibility index (Phi) is 2.50. The predicted octanol–water partition coefficient (Wildman–Crippen LogP) is 1.68. The minimum absolute atomic E-state index is 0.607. The van der Waals surface area contributed by atoms with E-state index in [1.165, 1.54) is 0 Å². The van der Waals surface area contributed by atoms with Crippen LogP contribution in [0.5, 0.6) is 0 Å². The Morgan fingerprint density at radius 1 is 1.62 bits per heavy atom. The summed E-state index contributed by atoms with van der Waals surface area (Å²) >= 11 is 0. The largest absolute Gasteiger partial charge is 0.331 e. The van der Waals surface area contributed by atoms with Gasteiger partial charge in [-0.25, -0.2) is 6.57 Å². The van der Waals surface area contributed by atoms with Crippen molar-refractivity contribution in [3.8, 4) is 0 Å². The Morgan fingerprint density at radius 2 is 2.12 bits per heavy atom. The summed E-state index contributed by atoms with van der Waals surface area (Å²) in [6.45, 7) is 12.6. The predicted molar refractivity (Wildman–Crippen MR) is 32.3 cm³/mol. The van der Waals surface area contributed by atoms with Crippen LogP contribution in [0.15, 0.2) is 0 Å². The summed E-state index contributed by atoms with van der Waals surface area (Å²) in [7, 11) is 0. The van der Waals surface area contributed by atoms with E-state index < -0.39 is 5.72 Å². The molecule has 0 heterocycles. The molecular weight excluding hydrogens is 102 g/mol. The Balaban J connectivity index is 3.59. The molecule has 8 heavy (non-hydrogen) atoms. The molecule has 0 aromatic rings. The number of ether oxygens (including phenoxy) is 1. The van der Waals surface area contributed by atoms with Gasteiger partial charge in [0, 0.05) is 13.8 Å². The number of hydrogen-bond acceptors (Lipinski definition) is 1. The molecule has 0 rings (SSSR count). The quantitative estimate of drug-likeness (QED) is 0.497. The molecule has 0 aromatic carbocycles. The molecule has 0 atom stereocenters. The lowest BCUT2D eigenvalue weighted by molar-refractivity contribution is 0.0265.